The second-order valence-electron chi connectivity index (χ2n) is 3.69. The number of rotatable bonds is 10. The van der Waals surface area contributed by atoms with E-state index in [2.05, 4.69) is 13.8 Å². The summed E-state index contributed by atoms with van der Waals surface area (Å²) >= 11 is 0. The van der Waals surface area contributed by atoms with Crippen LogP contribution in [0.25, 0.3) is 0 Å². The van der Waals surface area contributed by atoms with Crippen molar-refractivity contribution in [3.8, 4) is 0 Å². The molecule has 0 saturated heterocycles. The van der Waals surface area contributed by atoms with Gasteiger partial charge < -0.3 is 9.47 Å². The van der Waals surface area contributed by atoms with Crippen LogP contribution in [0.2, 0.25) is 0 Å². The number of carbonyl (C=O) groups excluding carboxylic acids is 1. The van der Waals surface area contributed by atoms with Crippen molar-refractivity contribution in [1.82, 2.24) is 0 Å². The van der Waals surface area contributed by atoms with Crippen molar-refractivity contribution >= 4 is 5.97 Å². The van der Waals surface area contributed by atoms with E-state index in [1.165, 1.54) is 6.42 Å². The molecule has 0 bridgehead atoms. The molecular weight excluding hydrogens is 192 g/mol. The number of unbranched alkanes of at least 4 members (excludes halogenated alkanes) is 4. The molecule has 0 atom stereocenters. The van der Waals surface area contributed by atoms with E-state index in [4.69, 9.17) is 9.47 Å². The molecule has 0 aliphatic rings. The van der Waals surface area contributed by atoms with Gasteiger partial charge in [0.2, 0.25) is 0 Å². The van der Waals surface area contributed by atoms with E-state index in [0.717, 1.165) is 32.1 Å². The summed E-state index contributed by atoms with van der Waals surface area (Å²) in [5.74, 6) is -0.234. The Morgan fingerprint density at radius 1 is 0.933 bits per heavy atom. The molecule has 0 heterocycles. The summed E-state index contributed by atoms with van der Waals surface area (Å²) in [5, 5.41) is 0. The Bertz CT molecular complexity index is 146. The molecule has 0 fully saturated rings. The first-order valence-electron chi connectivity index (χ1n) is 6.04. The van der Waals surface area contributed by atoms with Crippen molar-refractivity contribution < 1.29 is 14.3 Å². The van der Waals surface area contributed by atoms with Crippen LogP contribution in [0, 0.1) is 0 Å². The average molecular weight is 216 g/mol. The molecule has 0 aromatic heterocycles. The van der Waals surface area contributed by atoms with Gasteiger partial charge in [-0.15, -0.1) is 0 Å². The van der Waals surface area contributed by atoms with Crippen LogP contribution in [0.4, 0.5) is 0 Å². The molecule has 3 heteroatoms. The number of hydrogen-bond donors (Lipinski definition) is 0. The summed E-state index contributed by atoms with van der Waals surface area (Å²) in [4.78, 5) is 11.1. The van der Waals surface area contributed by atoms with Crippen LogP contribution in [-0.2, 0) is 14.3 Å². The molecule has 0 unspecified atom stereocenters. The zero-order chi connectivity index (χ0) is 11.4. The Balaban J connectivity index is 3.11. The topological polar surface area (TPSA) is 35.5 Å². The second kappa shape index (κ2) is 11.5. The molecule has 3 nitrogen and oxygen atoms in total. The van der Waals surface area contributed by atoms with Gasteiger partial charge in [0.1, 0.15) is 6.61 Å². The standard InChI is InChI=1S/C12H24O3/c1-3-5-7-9-14-11-12(13)15-10-8-6-4-2/h3-11H2,1-2H3. The van der Waals surface area contributed by atoms with Gasteiger partial charge in [0.05, 0.1) is 6.61 Å². The Kier molecular flexibility index (Phi) is 11.1. The maximum atomic E-state index is 11.1. The average Bonchev–Trinajstić information content (AvgIpc) is 2.24. The van der Waals surface area contributed by atoms with Crippen LogP contribution in [-0.4, -0.2) is 25.8 Å². The smallest absolute Gasteiger partial charge is 0.332 e. The molecular formula is C12H24O3. The number of esters is 1. The molecule has 0 amide bonds. The lowest BCUT2D eigenvalue weighted by Crippen LogP contribution is -2.13. The maximum Gasteiger partial charge on any atom is 0.332 e. The third kappa shape index (κ3) is 11.4. The molecule has 15 heavy (non-hydrogen) atoms. The summed E-state index contributed by atoms with van der Waals surface area (Å²) in [6.07, 6.45) is 6.57. The minimum absolute atomic E-state index is 0.107. The second-order valence-corrected chi connectivity index (χ2v) is 3.69. The first kappa shape index (κ1) is 14.4. The fraction of sp³-hybridized carbons (Fsp3) is 0.917. The number of ether oxygens (including phenoxy) is 2. The Morgan fingerprint density at radius 2 is 1.53 bits per heavy atom. The summed E-state index contributed by atoms with van der Waals surface area (Å²) in [6, 6.07) is 0. The highest BCUT2D eigenvalue weighted by Gasteiger charge is 2.01. The maximum absolute atomic E-state index is 11.1. The minimum Gasteiger partial charge on any atom is -0.464 e. The third-order valence-corrected chi connectivity index (χ3v) is 2.12. The van der Waals surface area contributed by atoms with Gasteiger partial charge in [-0.25, -0.2) is 4.79 Å². The van der Waals surface area contributed by atoms with Gasteiger partial charge in [-0.05, 0) is 12.8 Å². The van der Waals surface area contributed by atoms with E-state index in [9.17, 15) is 4.79 Å². The SMILES string of the molecule is CCCCCOCC(=O)OCCCCC. The first-order valence-corrected chi connectivity index (χ1v) is 6.04. The highest BCUT2D eigenvalue weighted by Crippen LogP contribution is 1.96. The Hall–Kier alpha value is -0.570. The summed E-state index contributed by atoms with van der Waals surface area (Å²) in [5.41, 5.74) is 0. The van der Waals surface area contributed by atoms with Crippen LogP contribution in [0.3, 0.4) is 0 Å². The van der Waals surface area contributed by atoms with E-state index < -0.39 is 0 Å². The van der Waals surface area contributed by atoms with E-state index >= 15 is 0 Å². The van der Waals surface area contributed by atoms with E-state index in [-0.39, 0.29) is 12.6 Å². The lowest BCUT2D eigenvalue weighted by Gasteiger charge is -2.05. The molecule has 0 radical (unpaired) electrons. The van der Waals surface area contributed by atoms with Gasteiger partial charge in [0, 0.05) is 6.61 Å². The third-order valence-electron chi connectivity index (χ3n) is 2.12. The molecule has 0 rings (SSSR count). The highest BCUT2D eigenvalue weighted by molar-refractivity contribution is 5.70. The monoisotopic (exact) mass is 216 g/mol. The van der Waals surface area contributed by atoms with Crippen LogP contribution in [0.1, 0.15) is 52.4 Å². The van der Waals surface area contributed by atoms with Gasteiger partial charge >= 0.3 is 5.97 Å². The molecule has 0 spiro atoms. The fourth-order valence-corrected chi connectivity index (χ4v) is 1.19. The van der Waals surface area contributed by atoms with Gasteiger partial charge in [-0.2, -0.15) is 0 Å². The van der Waals surface area contributed by atoms with Crippen LogP contribution < -0.4 is 0 Å². The molecule has 90 valence electrons. The van der Waals surface area contributed by atoms with E-state index in [1.54, 1.807) is 0 Å². The van der Waals surface area contributed by atoms with Gasteiger partial charge in [-0.3, -0.25) is 0 Å². The van der Waals surface area contributed by atoms with E-state index in [1.807, 2.05) is 0 Å². The molecule has 0 aromatic carbocycles. The quantitative estimate of drug-likeness (QED) is 0.416. The molecule has 0 N–H and O–H groups in total. The van der Waals surface area contributed by atoms with Crippen LogP contribution in [0.15, 0.2) is 0 Å². The predicted molar refractivity (Wildman–Crippen MR) is 60.8 cm³/mol. The highest BCUT2D eigenvalue weighted by atomic mass is 16.6. The molecule has 0 saturated carbocycles. The summed E-state index contributed by atoms with van der Waals surface area (Å²) < 4.78 is 10.2. The van der Waals surface area contributed by atoms with Crippen LogP contribution >= 0.6 is 0 Å². The molecule has 0 aliphatic heterocycles. The number of carbonyl (C=O) groups is 1. The zero-order valence-corrected chi connectivity index (χ0v) is 10.1. The van der Waals surface area contributed by atoms with Crippen molar-refractivity contribution in [2.45, 2.75) is 52.4 Å². The van der Waals surface area contributed by atoms with Crippen LogP contribution in [0.5, 0.6) is 0 Å². The van der Waals surface area contributed by atoms with Gasteiger partial charge in [-0.1, -0.05) is 39.5 Å². The van der Waals surface area contributed by atoms with Crippen molar-refractivity contribution in [3.05, 3.63) is 0 Å². The van der Waals surface area contributed by atoms with Crippen molar-refractivity contribution in [2.24, 2.45) is 0 Å². The van der Waals surface area contributed by atoms with Crippen molar-refractivity contribution in [3.63, 3.8) is 0 Å². The zero-order valence-electron chi connectivity index (χ0n) is 10.1. The van der Waals surface area contributed by atoms with Gasteiger partial charge in [0.25, 0.3) is 0 Å². The van der Waals surface area contributed by atoms with Crippen molar-refractivity contribution in [1.29, 1.82) is 0 Å². The minimum atomic E-state index is -0.234. The first-order chi connectivity index (χ1) is 7.31. The lowest BCUT2D eigenvalue weighted by molar-refractivity contribution is -0.149. The predicted octanol–water partition coefficient (Wildman–Crippen LogP) is 2.93. The molecule has 0 aromatic rings. The van der Waals surface area contributed by atoms with E-state index in [0.29, 0.717) is 13.2 Å². The van der Waals surface area contributed by atoms with Crippen molar-refractivity contribution in [2.75, 3.05) is 19.8 Å². The Morgan fingerprint density at radius 3 is 2.13 bits per heavy atom. The fourth-order valence-electron chi connectivity index (χ4n) is 1.19. The Labute approximate surface area is 93.1 Å². The number of hydrogen-bond acceptors (Lipinski definition) is 3. The lowest BCUT2D eigenvalue weighted by atomic mass is 10.3. The normalized spacial score (nSPS) is 10.3. The van der Waals surface area contributed by atoms with Gasteiger partial charge in [0.15, 0.2) is 0 Å². The summed E-state index contributed by atoms with van der Waals surface area (Å²) in [7, 11) is 0. The largest absolute Gasteiger partial charge is 0.464 e. The summed E-state index contributed by atoms with van der Waals surface area (Å²) in [6.45, 7) is 5.57. The molecule has 0 aliphatic carbocycles.